The number of nitrogens with zero attached hydrogens (tertiary/aromatic N) is 3. The Morgan fingerprint density at radius 3 is 0.855 bits per heavy atom. The van der Waals surface area contributed by atoms with E-state index >= 15 is 0 Å². The molecule has 396 valence electrons. The van der Waals surface area contributed by atoms with Crippen LogP contribution in [0.5, 0.6) is 0 Å². The summed E-state index contributed by atoms with van der Waals surface area (Å²) in [7, 11) is 0. The maximum Gasteiger partial charge on any atom is 0.252 e. The molecule has 0 fully saturated rings. The lowest BCUT2D eigenvalue weighted by Crippen LogP contribution is -2.62. The van der Waals surface area contributed by atoms with Gasteiger partial charge in [0, 0.05) is 34.1 Å². The van der Waals surface area contributed by atoms with Crippen molar-refractivity contribution >= 4 is 74.3 Å². The average molecular weight is 1010 g/mol. The third-order valence-corrected chi connectivity index (χ3v) is 16.6. The van der Waals surface area contributed by atoms with Crippen LogP contribution in [0, 0.1) is 41.5 Å². The summed E-state index contributed by atoms with van der Waals surface area (Å²) >= 11 is 0. The number of benzene rings is 7. The van der Waals surface area contributed by atoms with E-state index in [0.29, 0.717) is 0 Å². The fourth-order valence-corrected chi connectivity index (χ4v) is 12.2. The summed E-state index contributed by atoms with van der Waals surface area (Å²) < 4.78 is 0. The van der Waals surface area contributed by atoms with Crippen LogP contribution in [0.1, 0.15) is 191 Å². The van der Waals surface area contributed by atoms with Crippen LogP contribution in [0.15, 0.2) is 109 Å². The molecule has 2 aliphatic rings. The van der Waals surface area contributed by atoms with Crippen molar-refractivity contribution in [1.82, 2.24) is 0 Å². The number of hydrogen-bond acceptors (Lipinski definition) is 3. The summed E-state index contributed by atoms with van der Waals surface area (Å²) in [6, 6.07) is 44.5. The van der Waals surface area contributed by atoms with Crippen LogP contribution >= 0.6 is 0 Å². The van der Waals surface area contributed by atoms with E-state index < -0.39 is 0 Å². The van der Waals surface area contributed by atoms with Crippen molar-refractivity contribution in [2.75, 3.05) is 14.7 Å². The number of hydrogen-bond donors (Lipinski definition) is 0. The van der Waals surface area contributed by atoms with Gasteiger partial charge in [0.05, 0.1) is 17.1 Å². The predicted octanol–water partition coefficient (Wildman–Crippen LogP) is 18.9. The third kappa shape index (κ3) is 9.86. The summed E-state index contributed by atoms with van der Waals surface area (Å²) in [5, 5.41) is 0. The maximum atomic E-state index is 2.67. The average Bonchev–Trinajstić information content (AvgIpc) is 3.27. The van der Waals surface area contributed by atoms with E-state index in [1.54, 1.807) is 0 Å². The van der Waals surface area contributed by atoms with E-state index in [2.05, 4.69) is 290 Å². The molecule has 0 saturated carbocycles. The first-order valence-electron chi connectivity index (χ1n) is 28.3. The molecule has 9 rings (SSSR count). The van der Waals surface area contributed by atoms with Crippen molar-refractivity contribution in [3.05, 3.63) is 176 Å². The Balaban J connectivity index is 1.54. The summed E-state index contributed by atoms with van der Waals surface area (Å²) in [6.45, 7) is 56.3. The first-order chi connectivity index (χ1) is 34.9. The van der Waals surface area contributed by atoms with Crippen molar-refractivity contribution in [2.45, 2.75) is 199 Å². The summed E-state index contributed by atoms with van der Waals surface area (Å²) in [4.78, 5) is 7.98. The van der Waals surface area contributed by atoms with Crippen LogP contribution in [0.2, 0.25) is 0 Å². The van der Waals surface area contributed by atoms with Gasteiger partial charge >= 0.3 is 0 Å². The van der Waals surface area contributed by atoms with Crippen LogP contribution < -0.4 is 31.1 Å². The highest BCUT2D eigenvalue weighted by Crippen LogP contribution is 2.52. The minimum Gasteiger partial charge on any atom is -0.311 e. The fourth-order valence-electron chi connectivity index (χ4n) is 12.2. The second-order valence-electron chi connectivity index (χ2n) is 29.4. The van der Waals surface area contributed by atoms with Gasteiger partial charge in [-0.3, -0.25) is 0 Å². The van der Waals surface area contributed by atoms with Gasteiger partial charge in [-0.05, 0) is 195 Å². The molecule has 76 heavy (non-hydrogen) atoms. The molecule has 0 N–H and O–H groups in total. The zero-order valence-electron chi connectivity index (χ0n) is 51.3. The van der Waals surface area contributed by atoms with Gasteiger partial charge in [0.25, 0.3) is 6.71 Å². The highest BCUT2D eigenvalue weighted by Gasteiger charge is 2.46. The van der Waals surface area contributed by atoms with E-state index in [0.717, 1.165) is 5.69 Å². The van der Waals surface area contributed by atoms with Crippen molar-refractivity contribution < 1.29 is 0 Å². The Hall–Kier alpha value is -6.00. The van der Waals surface area contributed by atoms with Crippen molar-refractivity contribution in [1.29, 1.82) is 0 Å². The van der Waals surface area contributed by atoms with Gasteiger partial charge in [0.2, 0.25) is 0 Å². The lowest BCUT2D eigenvalue weighted by atomic mass is 9.33. The molecule has 0 aromatic heterocycles. The first-order valence-corrected chi connectivity index (χ1v) is 28.3. The van der Waals surface area contributed by atoms with Crippen LogP contribution in [0.25, 0.3) is 0 Å². The van der Waals surface area contributed by atoms with Crippen molar-refractivity contribution in [3.8, 4) is 0 Å². The van der Waals surface area contributed by atoms with Gasteiger partial charge in [-0.2, -0.15) is 0 Å². The Morgan fingerprint density at radius 2 is 0.579 bits per heavy atom. The van der Waals surface area contributed by atoms with Gasteiger partial charge in [-0.1, -0.05) is 196 Å². The summed E-state index contributed by atoms with van der Waals surface area (Å²) in [6.07, 6.45) is 0. The van der Waals surface area contributed by atoms with Crippen LogP contribution in [-0.2, 0) is 32.5 Å². The Labute approximate surface area is 461 Å². The third-order valence-electron chi connectivity index (χ3n) is 16.6. The molecule has 4 heteroatoms. The van der Waals surface area contributed by atoms with E-state index in [-0.39, 0.29) is 39.2 Å². The second kappa shape index (κ2) is 18.3. The molecule has 0 aliphatic carbocycles. The highest BCUT2D eigenvalue weighted by molar-refractivity contribution is 7.00. The van der Waals surface area contributed by atoms with Crippen LogP contribution in [0.3, 0.4) is 0 Å². The number of aryl methyl sites for hydroxylation is 6. The Bertz CT molecular complexity index is 3120. The molecular formula is C72H90BN3. The molecule has 0 radical (unpaired) electrons. The number of anilines is 9. The number of rotatable bonds is 5. The van der Waals surface area contributed by atoms with E-state index in [9.17, 15) is 0 Å². The summed E-state index contributed by atoms with van der Waals surface area (Å²) in [5.41, 5.74) is 30.1. The van der Waals surface area contributed by atoms with Crippen molar-refractivity contribution in [2.24, 2.45) is 0 Å². The van der Waals surface area contributed by atoms with Gasteiger partial charge in [-0.25, -0.2) is 0 Å². The van der Waals surface area contributed by atoms with Gasteiger partial charge in [0.1, 0.15) is 0 Å². The van der Waals surface area contributed by atoms with E-state index in [1.165, 1.54) is 129 Å². The molecule has 2 aliphatic heterocycles. The zero-order chi connectivity index (χ0) is 55.9. The fraction of sp³-hybridized carbons (Fsp3) is 0.417. The minimum absolute atomic E-state index is 0.0415. The standard InChI is InChI=1S/C72H90BN3/c1-43-29-45(3)65(46(4)30-43)75-60-27-25-49(67(7,8)9)39-58(60)73-59-40-50(68(10,11)12)26-28-61(59)76(66-47(5)31-44(2)32-48(66)6)63-42-57(41-62(75)64(63)73)74(55-35-51(69(13,14)15)33-52(36-55)70(16,17)18)56-37-53(71(19,20)21)34-54(38-56)72(22,23)24/h25-42H,1-24H3. The monoisotopic (exact) mass is 1010 g/mol. The maximum absolute atomic E-state index is 2.67. The smallest absolute Gasteiger partial charge is 0.252 e. The highest BCUT2D eigenvalue weighted by atomic mass is 15.2. The summed E-state index contributed by atoms with van der Waals surface area (Å²) in [5.74, 6) is 0. The second-order valence-corrected chi connectivity index (χ2v) is 29.4. The first kappa shape index (κ1) is 54.8. The van der Waals surface area contributed by atoms with E-state index in [1.807, 2.05) is 0 Å². The lowest BCUT2D eigenvalue weighted by Gasteiger charge is -2.46. The number of fused-ring (bicyclic) bond motifs is 4. The van der Waals surface area contributed by atoms with Gasteiger partial charge in [-0.15, -0.1) is 0 Å². The largest absolute Gasteiger partial charge is 0.311 e. The minimum atomic E-state index is -0.0968. The molecular weight excluding hydrogens is 918 g/mol. The van der Waals surface area contributed by atoms with Gasteiger partial charge < -0.3 is 14.7 Å². The quantitative estimate of drug-likeness (QED) is 0.159. The SMILES string of the molecule is Cc1cc(C)c(N2c3ccc(C(C)(C)C)cc3B3c4cc(C(C)(C)C)ccc4N(c4c(C)cc(C)cc4C)c4cc(N(c5cc(C(C)(C)C)cc(C(C)(C)C)c5)c5cc(C(C)(C)C)cc(C(C)(C)C)c5)cc2c43)c(C)c1. The molecule has 0 atom stereocenters. The Kier molecular flexibility index (Phi) is 13.2. The molecule has 0 unspecified atom stereocenters. The molecule has 0 amide bonds. The molecule has 3 nitrogen and oxygen atoms in total. The molecule has 0 saturated heterocycles. The Morgan fingerprint density at radius 1 is 0.303 bits per heavy atom. The lowest BCUT2D eigenvalue weighted by molar-refractivity contribution is 0.568. The van der Waals surface area contributed by atoms with Gasteiger partial charge in [0.15, 0.2) is 0 Å². The predicted molar refractivity (Wildman–Crippen MR) is 336 cm³/mol. The normalized spacial score (nSPS) is 14.0. The molecule has 2 heterocycles. The van der Waals surface area contributed by atoms with Crippen molar-refractivity contribution in [3.63, 3.8) is 0 Å². The topological polar surface area (TPSA) is 9.72 Å². The molecule has 7 aromatic rings. The van der Waals surface area contributed by atoms with Crippen LogP contribution in [-0.4, -0.2) is 6.71 Å². The van der Waals surface area contributed by atoms with Crippen LogP contribution in [0.4, 0.5) is 51.2 Å². The zero-order valence-corrected chi connectivity index (χ0v) is 51.3. The molecule has 7 aromatic carbocycles. The van der Waals surface area contributed by atoms with E-state index in [4.69, 9.17) is 0 Å². The molecule has 0 spiro atoms. The molecule has 0 bridgehead atoms.